The highest BCUT2D eigenvalue weighted by Crippen LogP contribution is 2.28. The summed E-state index contributed by atoms with van der Waals surface area (Å²) in [4.78, 5) is 25.7. The average molecular weight is 335 g/mol. The van der Waals surface area contributed by atoms with Crippen LogP contribution in [0.1, 0.15) is 16.7 Å². The van der Waals surface area contributed by atoms with Gasteiger partial charge in [-0.05, 0) is 35.7 Å². The van der Waals surface area contributed by atoms with E-state index < -0.39 is 12.1 Å². The molecule has 6 heteroatoms. The van der Waals surface area contributed by atoms with Crippen molar-refractivity contribution >= 4 is 17.7 Å². The summed E-state index contributed by atoms with van der Waals surface area (Å²) in [6.45, 7) is 0.545. The lowest BCUT2D eigenvalue weighted by atomic mass is 10.0. The molecule has 2 aromatic carbocycles. The highest BCUT2D eigenvalue weighted by Gasteiger charge is 2.31. The molecule has 0 saturated carbocycles. The third kappa shape index (κ3) is 3.61. The Balaban J connectivity index is 1.81. The second-order valence-corrected chi connectivity index (χ2v) is 5.88. The molecule has 6 nitrogen and oxygen atoms in total. The third-order valence-corrected chi connectivity index (χ3v) is 4.27. The number of hydrogen-bond acceptors (Lipinski definition) is 3. The molecule has 25 heavy (non-hydrogen) atoms. The minimum atomic E-state index is -1.24. The fourth-order valence-corrected chi connectivity index (χ4v) is 3.06. The molecular weight excluding hydrogens is 318 g/mol. The maximum absolute atomic E-state index is 12.9. The van der Waals surface area contributed by atoms with Gasteiger partial charge in [0.15, 0.2) is 0 Å². The van der Waals surface area contributed by atoms with Gasteiger partial charge in [-0.3, -0.25) is 4.79 Å². The minimum absolute atomic E-state index is 0.232. The summed E-state index contributed by atoms with van der Waals surface area (Å²) in [6, 6.07) is 15.6. The van der Waals surface area contributed by atoms with Crippen LogP contribution in [0.4, 0.5) is 10.5 Å². The molecule has 2 amide bonds. The quantitative estimate of drug-likeness (QED) is 0.897. The molecule has 2 N–H and O–H groups in total. The van der Waals surface area contributed by atoms with Crippen molar-refractivity contribution in [2.24, 2.45) is 0 Å². The molecule has 1 atom stereocenters. The molecule has 126 valence electrons. The van der Waals surface area contributed by atoms with Crippen LogP contribution in [0.5, 0.6) is 0 Å². The van der Waals surface area contributed by atoms with Crippen LogP contribution in [0.3, 0.4) is 0 Å². The number of fused-ring (bicyclic) bond motifs is 1. The lowest BCUT2D eigenvalue weighted by Crippen LogP contribution is -2.49. The summed E-state index contributed by atoms with van der Waals surface area (Å²) in [5.41, 5.74) is 3.23. The molecule has 0 fully saturated rings. The first-order valence-corrected chi connectivity index (χ1v) is 7.96. The molecule has 0 bridgehead atoms. The molecule has 0 spiro atoms. The first kappa shape index (κ1) is 16.5. The number of anilines is 1. The van der Waals surface area contributed by atoms with Crippen molar-refractivity contribution < 1.29 is 14.7 Å². The van der Waals surface area contributed by atoms with Crippen molar-refractivity contribution in [2.45, 2.75) is 18.9 Å². The van der Waals surface area contributed by atoms with E-state index in [0.29, 0.717) is 12.1 Å². The van der Waals surface area contributed by atoms with Crippen molar-refractivity contribution in [1.82, 2.24) is 5.32 Å². The normalized spacial score (nSPS) is 13.6. The summed E-state index contributed by atoms with van der Waals surface area (Å²) in [7, 11) is 0. The fourth-order valence-electron chi connectivity index (χ4n) is 3.06. The summed E-state index contributed by atoms with van der Waals surface area (Å²) < 4.78 is 0. The number of nitriles is 1. The van der Waals surface area contributed by atoms with E-state index in [4.69, 9.17) is 10.4 Å². The second kappa shape index (κ2) is 7.05. The molecule has 0 radical (unpaired) electrons. The van der Waals surface area contributed by atoms with Gasteiger partial charge >= 0.3 is 6.09 Å². The number of nitrogens with one attached hydrogen (secondary N) is 1. The van der Waals surface area contributed by atoms with Crippen LogP contribution in [0.25, 0.3) is 0 Å². The highest BCUT2D eigenvalue weighted by atomic mass is 16.4. The van der Waals surface area contributed by atoms with E-state index in [0.717, 1.165) is 23.2 Å². The van der Waals surface area contributed by atoms with Crippen LogP contribution < -0.4 is 10.2 Å². The van der Waals surface area contributed by atoms with E-state index in [1.165, 1.54) is 0 Å². The van der Waals surface area contributed by atoms with Gasteiger partial charge in [0.1, 0.15) is 6.04 Å². The van der Waals surface area contributed by atoms with Crippen LogP contribution in [-0.2, 0) is 17.6 Å². The predicted octanol–water partition coefficient (Wildman–Crippen LogP) is 2.33. The van der Waals surface area contributed by atoms with Gasteiger partial charge in [-0.15, -0.1) is 0 Å². The Morgan fingerprint density at radius 3 is 2.60 bits per heavy atom. The van der Waals surface area contributed by atoms with Crippen molar-refractivity contribution in [3.63, 3.8) is 0 Å². The average Bonchev–Trinajstić information content (AvgIpc) is 3.05. The van der Waals surface area contributed by atoms with Gasteiger partial charge in [-0.2, -0.15) is 5.26 Å². The molecule has 0 aliphatic carbocycles. The van der Waals surface area contributed by atoms with Crippen LogP contribution in [0, 0.1) is 11.3 Å². The van der Waals surface area contributed by atoms with Crippen molar-refractivity contribution in [1.29, 1.82) is 5.26 Å². The molecule has 1 heterocycles. The van der Waals surface area contributed by atoms with Crippen molar-refractivity contribution in [3.8, 4) is 6.07 Å². The first-order chi connectivity index (χ1) is 12.1. The Bertz CT molecular complexity index is 840. The third-order valence-electron chi connectivity index (χ3n) is 4.27. The van der Waals surface area contributed by atoms with Crippen LogP contribution in [0.2, 0.25) is 0 Å². The number of amides is 2. The Hall–Kier alpha value is -3.33. The van der Waals surface area contributed by atoms with Crippen LogP contribution in [0.15, 0.2) is 48.5 Å². The van der Waals surface area contributed by atoms with Crippen molar-refractivity contribution in [2.75, 3.05) is 11.4 Å². The summed E-state index contributed by atoms with van der Waals surface area (Å²) in [5, 5.41) is 20.3. The van der Waals surface area contributed by atoms with Crippen LogP contribution in [-0.4, -0.2) is 29.7 Å². The lowest BCUT2D eigenvalue weighted by molar-refractivity contribution is -0.120. The largest absolute Gasteiger partial charge is 0.465 e. The van der Waals surface area contributed by atoms with E-state index >= 15 is 0 Å². The Morgan fingerprint density at radius 1 is 1.20 bits per heavy atom. The molecule has 2 aromatic rings. The van der Waals surface area contributed by atoms with E-state index in [1.807, 2.05) is 30.3 Å². The standard InChI is InChI=1S/C19H17N3O3/c20-12-14-7-5-13(6-8-14)11-16(21-19(24)25)18(23)22-10-9-15-3-1-2-4-17(15)22/h1-8,16,21H,9-11H2,(H,24,25). The highest BCUT2D eigenvalue weighted by molar-refractivity contribution is 6.00. The first-order valence-electron chi connectivity index (χ1n) is 7.96. The monoisotopic (exact) mass is 335 g/mol. The van der Waals surface area contributed by atoms with Gasteiger partial charge in [0.05, 0.1) is 11.6 Å². The Labute approximate surface area is 145 Å². The topological polar surface area (TPSA) is 93.4 Å². The van der Waals surface area contributed by atoms with E-state index in [9.17, 15) is 9.59 Å². The van der Waals surface area contributed by atoms with Crippen molar-refractivity contribution in [3.05, 3.63) is 65.2 Å². The van der Waals surface area contributed by atoms with Gasteiger partial charge in [0.2, 0.25) is 5.91 Å². The number of carboxylic acid groups (broad SMARTS) is 1. The zero-order chi connectivity index (χ0) is 17.8. The lowest BCUT2D eigenvalue weighted by Gasteiger charge is -2.24. The minimum Gasteiger partial charge on any atom is -0.465 e. The number of nitrogens with zero attached hydrogens (tertiary/aromatic N) is 2. The fraction of sp³-hybridized carbons (Fsp3) is 0.211. The smallest absolute Gasteiger partial charge is 0.405 e. The number of para-hydroxylation sites is 1. The van der Waals surface area contributed by atoms with Crippen LogP contribution >= 0.6 is 0 Å². The van der Waals surface area contributed by atoms with Gasteiger partial charge in [-0.1, -0.05) is 30.3 Å². The number of carbonyl (C=O) groups excluding carboxylic acids is 1. The maximum atomic E-state index is 12.9. The Morgan fingerprint density at radius 2 is 1.92 bits per heavy atom. The summed E-state index contributed by atoms with van der Waals surface area (Å²) >= 11 is 0. The summed E-state index contributed by atoms with van der Waals surface area (Å²) in [6.07, 6.45) is -0.242. The number of benzene rings is 2. The van der Waals surface area contributed by atoms with E-state index in [2.05, 4.69) is 5.32 Å². The zero-order valence-corrected chi connectivity index (χ0v) is 13.5. The second-order valence-electron chi connectivity index (χ2n) is 5.88. The van der Waals surface area contributed by atoms with E-state index in [1.54, 1.807) is 29.2 Å². The molecular formula is C19H17N3O3. The van der Waals surface area contributed by atoms with Gasteiger partial charge in [0, 0.05) is 18.7 Å². The van der Waals surface area contributed by atoms with Gasteiger partial charge in [-0.25, -0.2) is 4.79 Å². The molecule has 0 aromatic heterocycles. The number of carbonyl (C=O) groups is 2. The molecule has 0 saturated heterocycles. The SMILES string of the molecule is N#Cc1ccc(CC(NC(=O)O)C(=O)N2CCc3ccccc32)cc1. The Kier molecular flexibility index (Phi) is 4.66. The number of rotatable bonds is 4. The predicted molar refractivity (Wildman–Crippen MR) is 92.3 cm³/mol. The zero-order valence-electron chi connectivity index (χ0n) is 13.5. The maximum Gasteiger partial charge on any atom is 0.405 e. The molecule has 3 rings (SSSR count). The molecule has 1 unspecified atom stereocenters. The van der Waals surface area contributed by atoms with Gasteiger partial charge in [0.25, 0.3) is 0 Å². The molecule has 1 aliphatic heterocycles. The van der Waals surface area contributed by atoms with Gasteiger partial charge < -0.3 is 15.3 Å². The summed E-state index contributed by atoms with van der Waals surface area (Å²) in [5.74, 6) is -0.267. The van der Waals surface area contributed by atoms with E-state index in [-0.39, 0.29) is 12.3 Å². The molecule has 1 aliphatic rings. The number of hydrogen-bond donors (Lipinski definition) is 2.